The van der Waals surface area contributed by atoms with Gasteiger partial charge in [0.15, 0.2) is 5.17 Å². The lowest BCUT2D eigenvalue weighted by atomic mass is 10.2. The molecule has 1 amide bonds. The van der Waals surface area contributed by atoms with Gasteiger partial charge >= 0.3 is 0 Å². The van der Waals surface area contributed by atoms with Crippen molar-refractivity contribution >= 4 is 45.4 Å². The molecule has 1 aliphatic rings. The molecule has 5 nitrogen and oxygen atoms in total. The van der Waals surface area contributed by atoms with E-state index in [-0.39, 0.29) is 11.7 Å². The van der Waals surface area contributed by atoms with Gasteiger partial charge in [-0.3, -0.25) is 9.69 Å². The third-order valence-electron chi connectivity index (χ3n) is 3.34. The molecule has 25 heavy (non-hydrogen) atoms. The summed E-state index contributed by atoms with van der Waals surface area (Å²) >= 11 is 2.58. The van der Waals surface area contributed by atoms with Crippen LogP contribution in [0.3, 0.4) is 0 Å². The maximum Gasteiger partial charge on any atom is 0.267 e. The summed E-state index contributed by atoms with van der Waals surface area (Å²) in [5.74, 6) is -0.604. The van der Waals surface area contributed by atoms with Crippen molar-refractivity contribution < 1.29 is 9.18 Å². The predicted molar refractivity (Wildman–Crippen MR) is 100 cm³/mol. The SMILES string of the molecule is C=CCN1C(=O)C(=Cc2ccccc2F)SC1=Nc1nnc(CC)s1. The minimum absolute atomic E-state index is 0.230. The number of rotatable bonds is 5. The number of amides is 1. The van der Waals surface area contributed by atoms with Gasteiger partial charge in [-0.15, -0.1) is 16.8 Å². The van der Waals surface area contributed by atoms with Crippen molar-refractivity contribution in [2.75, 3.05) is 6.54 Å². The number of carbonyl (C=O) groups is 1. The molecule has 0 N–H and O–H groups in total. The van der Waals surface area contributed by atoms with E-state index in [0.717, 1.165) is 11.4 Å². The second-order valence-electron chi connectivity index (χ2n) is 5.06. The van der Waals surface area contributed by atoms with Crippen molar-refractivity contribution in [3.05, 3.63) is 58.2 Å². The number of aliphatic imine (C=N–C) groups is 1. The van der Waals surface area contributed by atoms with Gasteiger partial charge in [0.25, 0.3) is 5.91 Å². The number of amidine groups is 1. The summed E-state index contributed by atoms with van der Waals surface area (Å²) in [5, 5.41) is 9.91. The predicted octanol–water partition coefficient (Wildman–Crippen LogP) is 4.03. The van der Waals surface area contributed by atoms with Crippen molar-refractivity contribution in [1.29, 1.82) is 0 Å². The van der Waals surface area contributed by atoms with Crippen LogP contribution in [0.15, 0.2) is 46.8 Å². The minimum atomic E-state index is -0.374. The van der Waals surface area contributed by atoms with Crippen LogP contribution in [0, 0.1) is 5.82 Å². The molecule has 8 heteroatoms. The number of carbonyl (C=O) groups excluding carboxylic acids is 1. The molecule has 2 heterocycles. The van der Waals surface area contributed by atoms with E-state index in [1.807, 2.05) is 6.92 Å². The maximum atomic E-state index is 13.9. The highest BCUT2D eigenvalue weighted by Gasteiger charge is 2.33. The largest absolute Gasteiger partial charge is 0.282 e. The number of halogens is 1. The van der Waals surface area contributed by atoms with Gasteiger partial charge in [0, 0.05) is 12.1 Å². The molecule has 1 fully saturated rings. The van der Waals surface area contributed by atoms with Gasteiger partial charge < -0.3 is 0 Å². The first-order valence-electron chi connectivity index (χ1n) is 7.60. The van der Waals surface area contributed by atoms with Gasteiger partial charge in [0.05, 0.1) is 4.91 Å². The molecule has 1 aliphatic heterocycles. The van der Waals surface area contributed by atoms with Crippen LogP contribution >= 0.6 is 23.1 Å². The van der Waals surface area contributed by atoms with E-state index in [9.17, 15) is 9.18 Å². The van der Waals surface area contributed by atoms with Crippen molar-refractivity contribution in [2.45, 2.75) is 13.3 Å². The number of hydrogen-bond donors (Lipinski definition) is 0. The Bertz CT molecular complexity index is 875. The van der Waals surface area contributed by atoms with Gasteiger partial charge in [0.1, 0.15) is 10.8 Å². The lowest BCUT2D eigenvalue weighted by Gasteiger charge is -2.11. The van der Waals surface area contributed by atoms with Crippen molar-refractivity contribution in [3.63, 3.8) is 0 Å². The summed E-state index contributed by atoms with van der Waals surface area (Å²) in [6.07, 6.45) is 3.94. The van der Waals surface area contributed by atoms with E-state index in [2.05, 4.69) is 21.8 Å². The standard InChI is InChI=1S/C17H15FN4OS2/c1-3-9-22-15(23)13(10-11-7-5-6-8-12(11)18)24-17(22)19-16-21-20-14(4-2)25-16/h3,5-8,10H,1,4,9H2,2H3. The van der Waals surface area contributed by atoms with Crippen molar-refractivity contribution in [2.24, 2.45) is 4.99 Å². The zero-order valence-corrected chi connectivity index (χ0v) is 15.1. The number of hydrogen-bond acceptors (Lipinski definition) is 6. The summed E-state index contributed by atoms with van der Waals surface area (Å²) in [5.41, 5.74) is 0.363. The number of nitrogens with zero attached hydrogens (tertiary/aromatic N) is 4. The van der Waals surface area contributed by atoms with Crippen molar-refractivity contribution in [3.8, 4) is 0 Å². The highest BCUT2D eigenvalue weighted by atomic mass is 32.2. The first-order valence-corrected chi connectivity index (χ1v) is 9.23. The Hall–Kier alpha value is -2.32. The van der Waals surface area contributed by atoms with E-state index in [1.165, 1.54) is 34.1 Å². The molecule has 1 saturated heterocycles. The second kappa shape index (κ2) is 7.71. The second-order valence-corrected chi connectivity index (χ2v) is 7.11. The summed E-state index contributed by atoms with van der Waals surface area (Å²) in [4.78, 5) is 19.0. The van der Waals surface area contributed by atoms with Crippen LogP contribution < -0.4 is 0 Å². The fourth-order valence-corrected chi connectivity index (χ4v) is 3.82. The number of benzene rings is 1. The van der Waals surface area contributed by atoms with E-state index in [1.54, 1.807) is 30.4 Å². The molecule has 0 radical (unpaired) electrons. The molecule has 0 bridgehead atoms. The zero-order chi connectivity index (χ0) is 17.8. The average molecular weight is 374 g/mol. The first-order chi connectivity index (χ1) is 12.1. The fourth-order valence-electron chi connectivity index (χ4n) is 2.13. The normalized spacial score (nSPS) is 17.7. The molecule has 0 saturated carbocycles. The molecule has 0 aliphatic carbocycles. The lowest BCUT2D eigenvalue weighted by Crippen LogP contribution is -2.29. The summed E-state index contributed by atoms with van der Waals surface area (Å²) < 4.78 is 13.9. The average Bonchev–Trinajstić information content (AvgIpc) is 3.17. The number of thioether (sulfide) groups is 1. The van der Waals surface area contributed by atoms with E-state index < -0.39 is 0 Å². The third-order valence-corrected chi connectivity index (χ3v) is 5.31. The quantitative estimate of drug-likeness (QED) is 0.586. The number of aromatic nitrogens is 2. The van der Waals surface area contributed by atoms with Crippen LogP contribution in [0.5, 0.6) is 0 Å². The van der Waals surface area contributed by atoms with Crippen LogP contribution in [-0.4, -0.2) is 32.7 Å². The van der Waals surface area contributed by atoms with E-state index in [0.29, 0.717) is 27.3 Å². The zero-order valence-electron chi connectivity index (χ0n) is 13.5. The first kappa shape index (κ1) is 17.5. The summed E-state index contributed by atoms with van der Waals surface area (Å²) in [7, 11) is 0. The third kappa shape index (κ3) is 3.85. The lowest BCUT2D eigenvalue weighted by molar-refractivity contribution is -0.121. The molecule has 2 aromatic rings. The maximum absolute atomic E-state index is 13.9. The molecule has 128 valence electrons. The topological polar surface area (TPSA) is 58.5 Å². The molecule has 0 unspecified atom stereocenters. The Kier molecular flexibility index (Phi) is 5.40. The highest BCUT2D eigenvalue weighted by Crippen LogP contribution is 2.34. The summed E-state index contributed by atoms with van der Waals surface area (Å²) in [6.45, 7) is 5.99. The Balaban J connectivity index is 1.95. The monoisotopic (exact) mass is 374 g/mol. The van der Waals surface area contributed by atoms with Crippen LogP contribution in [0.4, 0.5) is 9.52 Å². The van der Waals surface area contributed by atoms with Crippen LogP contribution in [0.25, 0.3) is 6.08 Å². The number of aryl methyl sites for hydroxylation is 1. The van der Waals surface area contributed by atoms with E-state index >= 15 is 0 Å². The van der Waals surface area contributed by atoms with Crippen LogP contribution in [-0.2, 0) is 11.2 Å². The fraction of sp³-hybridized carbons (Fsp3) is 0.176. The van der Waals surface area contributed by atoms with Gasteiger partial charge in [-0.2, -0.15) is 4.99 Å². The van der Waals surface area contributed by atoms with Gasteiger partial charge in [0.2, 0.25) is 5.13 Å². The van der Waals surface area contributed by atoms with Gasteiger partial charge in [-0.05, 0) is 30.3 Å². The molecular formula is C17H15FN4OS2. The minimum Gasteiger partial charge on any atom is -0.282 e. The van der Waals surface area contributed by atoms with E-state index in [4.69, 9.17) is 0 Å². The summed E-state index contributed by atoms with van der Waals surface area (Å²) in [6, 6.07) is 6.32. The Labute approximate surface area is 153 Å². The molecular weight excluding hydrogens is 359 g/mol. The van der Waals surface area contributed by atoms with Crippen molar-refractivity contribution in [1.82, 2.24) is 15.1 Å². The molecule has 3 rings (SSSR count). The Morgan fingerprint density at radius 2 is 2.16 bits per heavy atom. The smallest absolute Gasteiger partial charge is 0.267 e. The van der Waals surface area contributed by atoms with Crippen LogP contribution in [0.1, 0.15) is 17.5 Å². The van der Waals surface area contributed by atoms with Gasteiger partial charge in [-0.1, -0.05) is 42.5 Å². The molecule has 1 aromatic carbocycles. The molecule has 1 aromatic heterocycles. The Morgan fingerprint density at radius 1 is 1.36 bits per heavy atom. The highest BCUT2D eigenvalue weighted by molar-refractivity contribution is 8.18. The molecule has 0 spiro atoms. The van der Waals surface area contributed by atoms with Crippen LogP contribution in [0.2, 0.25) is 0 Å². The van der Waals surface area contributed by atoms with Gasteiger partial charge in [-0.25, -0.2) is 4.39 Å². The molecule has 0 atom stereocenters. The Morgan fingerprint density at radius 3 is 2.84 bits per heavy atom.